The number of nitrogens with one attached hydrogen (secondary N) is 3. The van der Waals surface area contributed by atoms with E-state index >= 15 is 0 Å². The average Bonchev–Trinajstić information content (AvgIpc) is 3.18. The first-order valence-electron chi connectivity index (χ1n) is 9.73. The molecule has 1 aliphatic rings. The predicted molar refractivity (Wildman–Crippen MR) is 120 cm³/mol. The van der Waals surface area contributed by atoms with Gasteiger partial charge in [0.25, 0.3) is 5.91 Å². The standard InChI is InChI=1S/C20H32N4O2.2ClH/c1-3-24(4-2)14-13-22-20(26)17-6-8-18(9-7-17)23-19(25)10-5-16-11-12-21-15-16;;/h6-9,16,21H,3-5,10-15H2,1-2H3,(H,22,26)(H,23,25);2*1H. The van der Waals surface area contributed by atoms with Gasteiger partial charge >= 0.3 is 0 Å². The molecule has 0 spiro atoms. The number of hydrogen-bond donors (Lipinski definition) is 3. The summed E-state index contributed by atoms with van der Waals surface area (Å²) in [6.45, 7) is 9.76. The maximum atomic E-state index is 12.2. The van der Waals surface area contributed by atoms with Crippen molar-refractivity contribution >= 4 is 42.3 Å². The van der Waals surface area contributed by atoms with Crippen molar-refractivity contribution in [3.63, 3.8) is 0 Å². The predicted octanol–water partition coefficient (Wildman–Crippen LogP) is 2.93. The van der Waals surface area contributed by atoms with Crippen LogP contribution in [0.3, 0.4) is 0 Å². The Balaban J connectivity index is 0.00000364. The average molecular weight is 433 g/mol. The molecular weight excluding hydrogens is 399 g/mol. The minimum atomic E-state index is -0.0798. The van der Waals surface area contributed by atoms with E-state index in [0.717, 1.165) is 51.3 Å². The molecular formula is C20H34Cl2N4O2. The minimum absolute atomic E-state index is 0. The van der Waals surface area contributed by atoms with Gasteiger partial charge in [0.15, 0.2) is 0 Å². The summed E-state index contributed by atoms with van der Waals surface area (Å²) >= 11 is 0. The SMILES string of the molecule is CCN(CC)CCNC(=O)c1ccc(NC(=O)CCC2CCNC2)cc1.Cl.Cl. The smallest absolute Gasteiger partial charge is 0.251 e. The molecule has 6 nitrogen and oxygen atoms in total. The fourth-order valence-corrected chi connectivity index (χ4v) is 3.19. The fourth-order valence-electron chi connectivity index (χ4n) is 3.19. The molecule has 0 aromatic heterocycles. The van der Waals surface area contributed by atoms with Crippen molar-refractivity contribution in [1.82, 2.24) is 15.5 Å². The first kappa shape index (κ1) is 26.7. The normalized spacial score (nSPS) is 15.5. The van der Waals surface area contributed by atoms with Gasteiger partial charge in [0.05, 0.1) is 0 Å². The van der Waals surface area contributed by atoms with E-state index in [1.165, 1.54) is 0 Å². The Morgan fingerprint density at radius 1 is 1.14 bits per heavy atom. The summed E-state index contributed by atoms with van der Waals surface area (Å²) in [5.74, 6) is 0.570. The van der Waals surface area contributed by atoms with Crippen LogP contribution in [0.4, 0.5) is 5.69 Å². The lowest BCUT2D eigenvalue weighted by atomic mass is 10.0. The molecule has 0 saturated carbocycles. The molecule has 1 fully saturated rings. The van der Waals surface area contributed by atoms with Crippen molar-refractivity contribution in [3.05, 3.63) is 29.8 Å². The van der Waals surface area contributed by atoms with Crippen LogP contribution in [-0.4, -0.2) is 56.0 Å². The summed E-state index contributed by atoms with van der Waals surface area (Å²) in [6, 6.07) is 7.08. The Morgan fingerprint density at radius 2 is 1.82 bits per heavy atom. The zero-order chi connectivity index (χ0) is 18.8. The van der Waals surface area contributed by atoms with Crippen LogP contribution in [0.5, 0.6) is 0 Å². The summed E-state index contributed by atoms with van der Waals surface area (Å²) in [5, 5.41) is 9.16. The van der Waals surface area contributed by atoms with E-state index < -0.39 is 0 Å². The van der Waals surface area contributed by atoms with Gasteiger partial charge in [0.1, 0.15) is 0 Å². The second kappa shape index (κ2) is 14.6. The Morgan fingerprint density at radius 3 is 2.39 bits per heavy atom. The van der Waals surface area contributed by atoms with Crippen LogP contribution in [0.25, 0.3) is 0 Å². The van der Waals surface area contributed by atoms with Crippen molar-refractivity contribution in [3.8, 4) is 0 Å². The van der Waals surface area contributed by atoms with Gasteiger partial charge in [0, 0.05) is 30.8 Å². The highest BCUT2D eigenvalue weighted by molar-refractivity contribution is 5.95. The van der Waals surface area contributed by atoms with E-state index in [9.17, 15) is 9.59 Å². The number of likely N-dealkylation sites (N-methyl/N-ethyl adjacent to an activating group) is 1. The van der Waals surface area contributed by atoms with E-state index in [4.69, 9.17) is 0 Å². The van der Waals surface area contributed by atoms with Gasteiger partial charge < -0.3 is 20.9 Å². The second-order valence-electron chi connectivity index (χ2n) is 6.81. The fraction of sp³-hybridized carbons (Fsp3) is 0.600. The number of carbonyl (C=O) groups is 2. The first-order valence-corrected chi connectivity index (χ1v) is 9.73. The van der Waals surface area contributed by atoms with E-state index in [2.05, 4.69) is 34.7 Å². The van der Waals surface area contributed by atoms with Crippen molar-refractivity contribution < 1.29 is 9.59 Å². The Hall–Kier alpha value is -1.34. The van der Waals surface area contributed by atoms with Gasteiger partial charge in [-0.1, -0.05) is 13.8 Å². The molecule has 0 bridgehead atoms. The number of benzene rings is 1. The molecule has 1 heterocycles. The molecule has 0 aliphatic carbocycles. The van der Waals surface area contributed by atoms with Crippen LogP contribution in [0.2, 0.25) is 0 Å². The lowest BCUT2D eigenvalue weighted by Gasteiger charge is -2.18. The highest BCUT2D eigenvalue weighted by atomic mass is 35.5. The third kappa shape index (κ3) is 9.24. The summed E-state index contributed by atoms with van der Waals surface area (Å²) in [4.78, 5) is 26.5. The summed E-state index contributed by atoms with van der Waals surface area (Å²) in [7, 11) is 0. The summed E-state index contributed by atoms with van der Waals surface area (Å²) < 4.78 is 0. The number of halogens is 2. The van der Waals surface area contributed by atoms with Gasteiger partial charge in [-0.2, -0.15) is 0 Å². The quantitative estimate of drug-likeness (QED) is 0.531. The molecule has 1 aromatic rings. The number of nitrogens with zero attached hydrogens (tertiary/aromatic N) is 1. The van der Waals surface area contributed by atoms with Crippen LogP contribution >= 0.6 is 24.8 Å². The van der Waals surface area contributed by atoms with Gasteiger partial charge in [-0.3, -0.25) is 9.59 Å². The highest BCUT2D eigenvalue weighted by Crippen LogP contribution is 2.15. The molecule has 0 radical (unpaired) electrons. The van der Waals surface area contributed by atoms with Crippen LogP contribution in [-0.2, 0) is 4.79 Å². The van der Waals surface area contributed by atoms with Crippen LogP contribution < -0.4 is 16.0 Å². The second-order valence-corrected chi connectivity index (χ2v) is 6.81. The Kier molecular flexibility index (Phi) is 13.9. The molecule has 1 saturated heterocycles. The zero-order valence-electron chi connectivity index (χ0n) is 16.8. The molecule has 2 rings (SSSR count). The molecule has 8 heteroatoms. The molecule has 3 N–H and O–H groups in total. The third-order valence-corrected chi connectivity index (χ3v) is 4.98. The van der Waals surface area contributed by atoms with E-state index in [-0.39, 0.29) is 36.6 Å². The lowest BCUT2D eigenvalue weighted by molar-refractivity contribution is -0.116. The maximum absolute atomic E-state index is 12.2. The molecule has 1 unspecified atom stereocenters. The summed E-state index contributed by atoms with van der Waals surface area (Å²) in [5.41, 5.74) is 1.35. The number of hydrogen-bond acceptors (Lipinski definition) is 4. The Bertz CT molecular complexity index is 574. The van der Waals surface area contributed by atoms with E-state index in [0.29, 0.717) is 24.4 Å². The topological polar surface area (TPSA) is 73.5 Å². The van der Waals surface area contributed by atoms with Crippen molar-refractivity contribution in [2.24, 2.45) is 5.92 Å². The molecule has 1 aliphatic heterocycles. The molecule has 1 atom stereocenters. The van der Waals surface area contributed by atoms with Crippen LogP contribution in [0.15, 0.2) is 24.3 Å². The van der Waals surface area contributed by atoms with Gasteiger partial charge in [-0.05, 0) is 69.2 Å². The van der Waals surface area contributed by atoms with Crippen molar-refractivity contribution in [1.29, 1.82) is 0 Å². The molecule has 1 aromatic carbocycles. The van der Waals surface area contributed by atoms with Gasteiger partial charge in [0.2, 0.25) is 5.91 Å². The van der Waals surface area contributed by atoms with Crippen LogP contribution in [0, 0.1) is 5.92 Å². The summed E-state index contributed by atoms with van der Waals surface area (Å²) in [6.07, 6.45) is 2.62. The number of rotatable bonds is 10. The van der Waals surface area contributed by atoms with Crippen molar-refractivity contribution in [2.45, 2.75) is 33.1 Å². The maximum Gasteiger partial charge on any atom is 0.251 e. The lowest BCUT2D eigenvalue weighted by Crippen LogP contribution is -2.34. The van der Waals surface area contributed by atoms with Crippen LogP contribution in [0.1, 0.15) is 43.5 Å². The zero-order valence-corrected chi connectivity index (χ0v) is 18.5. The number of anilines is 1. The minimum Gasteiger partial charge on any atom is -0.351 e. The van der Waals surface area contributed by atoms with E-state index in [1.807, 2.05) is 0 Å². The van der Waals surface area contributed by atoms with Gasteiger partial charge in [-0.15, -0.1) is 24.8 Å². The monoisotopic (exact) mass is 432 g/mol. The Labute approximate surface area is 181 Å². The largest absolute Gasteiger partial charge is 0.351 e. The van der Waals surface area contributed by atoms with E-state index in [1.54, 1.807) is 24.3 Å². The molecule has 28 heavy (non-hydrogen) atoms. The first-order chi connectivity index (χ1) is 12.6. The molecule has 2 amide bonds. The number of carbonyl (C=O) groups excluding carboxylic acids is 2. The number of amides is 2. The highest BCUT2D eigenvalue weighted by Gasteiger charge is 2.15. The van der Waals surface area contributed by atoms with Gasteiger partial charge in [-0.25, -0.2) is 0 Å². The van der Waals surface area contributed by atoms with Crippen molar-refractivity contribution in [2.75, 3.05) is 44.6 Å². The molecule has 160 valence electrons. The third-order valence-electron chi connectivity index (χ3n) is 4.98.